The Balaban J connectivity index is 0. The van der Waals surface area contributed by atoms with Crippen molar-refractivity contribution >= 4 is 0 Å². The molecule has 5 atom stereocenters. The van der Waals surface area contributed by atoms with Crippen LogP contribution in [-0.4, -0.2) is 86.0 Å². The first-order valence-electron chi connectivity index (χ1n) is 8.04. The minimum absolute atomic E-state index is 0.0170. The van der Waals surface area contributed by atoms with Gasteiger partial charge in [-0.3, -0.25) is 0 Å². The molecule has 0 saturated heterocycles. The van der Waals surface area contributed by atoms with E-state index in [1.54, 1.807) is 21.0 Å². The molecule has 3 N–H and O–H groups in total. The molecule has 0 rings (SSSR count). The van der Waals surface area contributed by atoms with Crippen LogP contribution in [0.5, 0.6) is 0 Å². The van der Waals surface area contributed by atoms with E-state index in [-0.39, 0.29) is 37.6 Å². The molecule has 0 aromatic rings. The zero-order valence-electron chi connectivity index (χ0n) is 15.4. The van der Waals surface area contributed by atoms with Crippen molar-refractivity contribution in [1.82, 2.24) is 0 Å². The topological polar surface area (TPSA) is 97.6 Å². The highest BCUT2D eigenvalue weighted by Crippen LogP contribution is 1.97. The molecule has 0 aliphatic heterocycles. The Morgan fingerprint density at radius 2 is 1.04 bits per heavy atom. The summed E-state index contributed by atoms with van der Waals surface area (Å²) in [5.74, 6) is 0. The molecule has 0 aliphatic carbocycles. The second kappa shape index (κ2) is 16.6. The first-order valence-corrected chi connectivity index (χ1v) is 8.04. The van der Waals surface area contributed by atoms with Crippen LogP contribution in [0.3, 0.4) is 0 Å². The van der Waals surface area contributed by atoms with Crippen LogP contribution in [0.2, 0.25) is 0 Å². The molecule has 0 saturated carbocycles. The van der Waals surface area contributed by atoms with Gasteiger partial charge in [-0.1, -0.05) is 0 Å². The van der Waals surface area contributed by atoms with Crippen molar-refractivity contribution < 1.29 is 34.3 Å². The van der Waals surface area contributed by atoms with Crippen molar-refractivity contribution in [3.63, 3.8) is 0 Å². The molecule has 0 aromatic heterocycles. The fraction of sp³-hybridized carbons (Fsp3) is 1.00. The van der Waals surface area contributed by atoms with E-state index in [1.807, 2.05) is 20.8 Å². The van der Waals surface area contributed by atoms with Crippen molar-refractivity contribution in [2.24, 2.45) is 0 Å². The van der Waals surface area contributed by atoms with Crippen molar-refractivity contribution in [3.05, 3.63) is 0 Å². The number of aliphatic hydroxyl groups excluding tert-OH is 3. The second-order valence-corrected chi connectivity index (χ2v) is 5.69. The highest BCUT2D eigenvalue weighted by atomic mass is 16.5. The van der Waals surface area contributed by atoms with Gasteiger partial charge in [0.25, 0.3) is 0 Å². The third-order valence-corrected chi connectivity index (χ3v) is 2.77. The lowest BCUT2D eigenvalue weighted by molar-refractivity contribution is -0.0620. The van der Waals surface area contributed by atoms with Gasteiger partial charge in [0.15, 0.2) is 0 Å². The average molecular weight is 340 g/mol. The SMILES string of the molecule is CC(O)COC(C)COC(C)CO.COC(C)COC(C)CO. The Hall–Kier alpha value is -0.280. The van der Waals surface area contributed by atoms with Crippen LogP contribution in [0.4, 0.5) is 0 Å². The summed E-state index contributed by atoms with van der Waals surface area (Å²) in [4.78, 5) is 0. The van der Waals surface area contributed by atoms with Crippen molar-refractivity contribution in [2.75, 3.05) is 40.1 Å². The van der Waals surface area contributed by atoms with Crippen LogP contribution < -0.4 is 0 Å². The van der Waals surface area contributed by atoms with E-state index in [2.05, 4.69) is 0 Å². The minimum atomic E-state index is -0.447. The Morgan fingerprint density at radius 3 is 1.39 bits per heavy atom. The normalized spacial score (nSPS) is 17.6. The first kappa shape index (κ1) is 25.0. The van der Waals surface area contributed by atoms with Gasteiger partial charge in [-0.15, -0.1) is 0 Å². The second-order valence-electron chi connectivity index (χ2n) is 5.69. The molecular formula is C16H36O7. The van der Waals surface area contributed by atoms with Gasteiger partial charge in [-0.05, 0) is 34.6 Å². The molecular weight excluding hydrogens is 304 g/mol. The molecule has 7 heteroatoms. The maximum atomic E-state index is 8.92. The molecule has 0 aliphatic rings. The molecule has 0 heterocycles. The first-order chi connectivity index (χ1) is 10.8. The Morgan fingerprint density at radius 1 is 0.652 bits per heavy atom. The largest absolute Gasteiger partial charge is 0.394 e. The molecule has 7 nitrogen and oxygen atoms in total. The lowest BCUT2D eigenvalue weighted by atomic mass is 10.4. The highest BCUT2D eigenvalue weighted by molar-refractivity contribution is 4.53. The zero-order chi connectivity index (χ0) is 18.3. The van der Waals surface area contributed by atoms with Crippen LogP contribution in [0, 0.1) is 0 Å². The van der Waals surface area contributed by atoms with Gasteiger partial charge in [0, 0.05) is 7.11 Å². The lowest BCUT2D eigenvalue weighted by Crippen LogP contribution is -2.24. The van der Waals surface area contributed by atoms with E-state index in [0.29, 0.717) is 19.8 Å². The van der Waals surface area contributed by atoms with Crippen molar-refractivity contribution in [2.45, 2.75) is 65.1 Å². The summed E-state index contributed by atoms with van der Waals surface area (Å²) in [5, 5.41) is 26.1. The number of methoxy groups -OCH3 is 1. The molecule has 5 unspecified atom stereocenters. The van der Waals surface area contributed by atoms with Gasteiger partial charge in [0.1, 0.15) is 0 Å². The van der Waals surface area contributed by atoms with Gasteiger partial charge in [-0.25, -0.2) is 0 Å². The summed E-state index contributed by atoms with van der Waals surface area (Å²) in [6.45, 7) is 10.5. The lowest BCUT2D eigenvalue weighted by Gasteiger charge is -2.16. The van der Waals surface area contributed by atoms with Crippen LogP contribution in [0.25, 0.3) is 0 Å². The molecule has 0 bridgehead atoms. The smallest absolute Gasteiger partial charge is 0.0781 e. The summed E-state index contributed by atoms with van der Waals surface area (Å²) in [6.07, 6.45) is -0.634. The van der Waals surface area contributed by atoms with E-state index in [1.165, 1.54) is 0 Å². The van der Waals surface area contributed by atoms with Crippen LogP contribution in [0.15, 0.2) is 0 Å². The Bertz CT molecular complexity index is 228. The molecule has 23 heavy (non-hydrogen) atoms. The van der Waals surface area contributed by atoms with Crippen molar-refractivity contribution in [1.29, 1.82) is 0 Å². The third kappa shape index (κ3) is 19.7. The van der Waals surface area contributed by atoms with Gasteiger partial charge in [0.05, 0.1) is 63.6 Å². The minimum Gasteiger partial charge on any atom is -0.394 e. The Labute approximate surface area is 140 Å². The van der Waals surface area contributed by atoms with E-state index in [0.717, 1.165) is 0 Å². The van der Waals surface area contributed by atoms with E-state index < -0.39 is 6.10 Å². The highest BCUT2D eigenvalue weighted by Gasteiger charge is 2.07. The number of ether oxygens (including phenoxy) is 4. The third-order valence-electron chi connectivity index (χ3n) is 2.77. The fourth-order valence-electron chi connectivity index (χ4n) is 1.12. The molecule has 0 radical (unpaired) electrons. The number of hydrogen-bond donors (Lipinski definition) is 3. The molecule has 0 fully saturated rings. The summed E-state index contributed by atoms with van der Waals surface area (Å²) in [7, 11) is 1.64. The van der Waals surface area contributed by atoms with Crippen molar-refractivity contribution in [3.8, 4) is 0 Å². The molecule has 142 valence electrons. The predicted octanol–water partition coefficient (Wildman–Crippen LogP) is 0.588. The molecule has 0 amide bonds. The monoisotopic (exact) mass is 340 g/mol. The van der Waals surface area contributed by atoms with E-state index >= 15 is 0 Å². The van der Waals surface area contributed by atoms with Gasteiger partial charge < -0.3 is 34.3 Å². The summed E-state index contributed by atoms with van der Waals surface area (Å²) >= 11 is 0. The maximum Gasteiger partial charge on any atom is 0.0781 e. The summed E-state index contributed by atoms with van der Waals surface area (Å²) in [6, 6.07) is 0. The van der Waals surface area contributed by atoms with E-state index in [4.69, 9.17) is 34.3 Å². The Kier molecular flexibility index (Phi) is 18.0. The van der Waals surface area contributed by atoms with Gasteiger partial charge in [0.2, 0.25) is 0 Å². The molecule has 0 aromatic carbocycles. The maximum absolute atomic E-state index is 8.92. The quantitative estimate of drug-likeness (QED) is 0.478. The summed E-state index contributed by atoms with van der Waals surface area (Å²) < 4.78 is 20.6. The zero-order valence-corrected chi connectivity index (χ0v) is 15.4. The van der Waals surface area contributed by atoms with Crippen LogP contribution in [-0.2, 0) is 18.9 Å². The number of aliphatic hydroxyl groups is 3. The van der Waals surface area contributed by atoms with E-state index in [9.17, 15) is 0 Å². The number of rotatable bonds is 12. The predicted molar refractivity (Wildman–Crippen MR) is 88.6 cm³/mol. The standard InChI is InChI=1S/C9H20O4.C7H16O3/c1-7(11)5-12-9(3)6-13-8(2)4-10;1-6(4-8)10-5-7(2)9-3/h7-11H,4-6H2,1-3H3;6-8H,4-5H2,1-3H3. The average Bonchev–Trinajstić information content (AvgIpc) is 2.55. The summed E-state index contributed by atoms with van der Waals surface area (Å²) in [5.41, 5.74) is 0. The van der Waals surface area contributed by atoms with Gasteiger partial charge in [-0.2, -0.15) is 0 Å². The van der Waals surface area contributed by atoms with Gasteiger partial charge >= 0.3 is 0 Å². The molecule has 0 spiro atoms. The van der Waals surface area contributed by atoms with Crippen LogP contribution in [0.1, 0.15) is 34.6 Å². The fourth-order valence-corrected chi connectivity index (χ4v) is 1.12. The number of hydrogen-bond acceptors (Lipinski definition) is 7. The van der Waals surface area contributed by atoms with Crippen LogP contribution >= 0.6 is 0 Å².